The van der Waals surface area contributed by atoms with Crippen LogP contribution in [0.15, 0.2) is 18.5 Å². The van der Waals surface area contributed by atoms with Gasteiger partial charge in [-0.15, -0.1) is 0 Å². The van der Waals surface area contributed by atoms with E-state index < -0.39 is 12.0 Å². The minimum atomic E-state index is -0.676. The number of nitrogens with two attached hydrogens (primary N) is 1. The van der Waals surface area contributed by atoms with E-state index in [9.17, 15) is 4.79 Å². The number of hydrogen-bond acceptors (Lipinski definition) is 4. The van der Waals surface area contributed by atoms with Gasteiger partial charge in [0.25, 0.3) is 0 Å². The lowest BCUT2D eigenvalue weighted by Crippen LogP contribution is -2.39. The van der Waals surface area contributed by atoms with Crippen LogP contribution in [-0.2, 0) is 9.53 Å². The molecule has 1 heterocycles. The number of carbonyl (C=O) groups is 1. The van der Waals surface area contributed by atoms with Crippen molar-refractivity contribution < 1.29 is 9.53 Å². The van der Waals surface area contributed by atoms with Gasteiger partial charge in [0.15, 0.2) is 0 Å². The molecule has 0 saturated heterocycles. The van der Waals surface area contributed by atoms with Crippen LogP contribution in [0.3, 0.4) is 0 Å². The van der Waals surface area contributed by atoms with Crippen LogP contribution in [0.5, 0.6) is 0 Å². The summed E-state index contributed by atoms with van der Waals surface area (Å²) in [6.07, 6.45) is 3.40. The maximum atomic E-state index is 11.1. The Labute approximate surface area is 76.5 Å². The molecule has 1 aromatic heterocycles. The van der Waals surface area contributed by atoms with Gasteiger partial charge in [0, 0.05) is 12.4 Å². The molecule has 2 N–H and O–H groups in total. The predicted octanol–water partition coefficient (Wildman–Crippen LogP) is -0.0556. The zero-order valence-corrected chi connectivity index (χ0v) is 7.68. The van der Waals surface area contributed by atoms with Gasteiger partial charge in [0.05, 0.1) is 13.2 Å². The van der Waals surface area contributed by atoms with Crippen molar-refractivity contribution in [3.8, 4) is 0 Å². The quantitative estimate of drug-likeness (QED) is 0.667. The van der Waals surface area contributed by atoms with Crippen LogP contribution >= 0.6 is 0 Å². The maximum absolute atomic E-state index is 11.1. The largest absolute Gasteiger partial charge is 0.468 e. The number of hydrogen-bond donors (Lipinski definition) is 1. The lowest BCUT2D eigenvalue weighted by molar-refractivity contribution is -0.143. The summed E-state index contributed by atoms with van der Waals surface area (Å²) in [6.45, 7) is 1.81. The van der Waals surface area contributed by atoms with E-state index in [0.717, 1.165) is 0 Å². The summed E-state index contributed by atoms with van der Waals surface area (Å²) in [6, 6.07) is 0.910. The molecule has 1 rings (SSSR count). The van der Waals surface area contributed by atoms with Gasteiger partial charge >= 0.3 is 5.97 Å². The molecule has 2 atom stereocenters. The Balaban J connectivity index is 2.68. The van der Waals surface area contributed by atoms with Gasteiger partial charge in [-0.1, -0.05) is 0 Å². The Morgan fingerprint density at radius 2 is 2.38 bits per heavy atom. The van der Waals surface area contributed by atoms with Crippen molar-refractivity contribution in [2.24, 2.45) is 5.73 Å². The van der Waals surface area contributed by atoms with Crippen molar-refractivity contribution in [2.75, 3.05) is 7.11 Å². The molecule has 0 bridgehead atoms. The first kappa shape index (κ1) is 9.73. The molecule has 0 amide bonds. The average molecular weight is 183 g/mol. The van der Waals surface area contributed by atoms with Crippen molar-refractivity contribution in [3.05, 3.63) is 18.5 Å². The van der Waals surface area contributed by atoms with Crippen molar-refractivity contribution in [1.82, 2.24) is 9.78 Å². The van der Waals surface area contributed by atoms with Gasteiger partial charge in [-0.3, -0.25) is 9.48 Å². The number of nitrogens with zero attached hydrogens (tertiary/aromatic N) is 2. The monoisotopic (exact) mass is 183 g/mol. The van der Waals surface area contributed by atoms with E-state index in [1.165, 1.54) is 7.11 Å². The molecule has 0 aliphatic rings. The molecule has 1 aromatic rings. The topological polar surface area (TPSA) is 70.1 Å². The summed E-state index contributed by atoms with van der Waals surface area (Å²) >= 11 is 0. The Morgan fingerprint density at radius 3 is 2.85 bits per heavy atom. The molecular weight excluding hydrogens is 170 g/mol. The molecule has 0 aromatic carbocycles. The van der Waals surface area contributed by atoms with Crippen molar-refractivity contribution in [2.45, 2.75) is 19.0 Å². The molecule has 0 saturated carbocycles. The molecule has 72 valence electrons. The highest BCUT2D eigenvalue weighted by molar-refractivity contribution is 5.75. The van der Waals surface area contributed by atoms with E-state index in [0.29, 0.717) is 0 Å². The maximum Gasteiger partial charge on any atom is 0.324 e. The number of ether oxygens (including phenoxy) is 1. The van der Waals surface area contributed by atoms with E-state index >= 15 is 0 Å². The summed E-state index contributed by atoms with van der Waals surface area (Å²) in [5, 5.41) is 3.98. The van der Waals surface area contributed by atoms with Crippen LogP contribution in [-0.4, -0.2) is 28.9 Å². The molecule has 0 aliphatic heterocycles. The number of carbonyl (C=O) groups excluding carboxylic acids is 1. The normalized spacial score (nSPS) is 15.0. The molecule has 13 heavy (non-hydrogen) atoms. The van der Waals surface area contributed by atoms with Crippen LogP contribution in [0.25, 0.3) is 0 Å². The minimum absolute atomic E-state index is 0.192. The Kier molecular flexibility index (Phi) is 3.02. The molecule has 5 heteroatoms. The second-order valence-electron chi connectivity index (χ2n) is 2.78. The lowest BCUT2D eigenvalue weighted by atomic mass is 10.1. The summed E-state index contributed by atoms with van der Waals surface area (Å²) < 4.78 is 6.15. The highest BCUT2D eigenvalue weighted by atomic mass is 16.5. The number of aromatic nitrogens is 2. The summed E-state index contributed by atoms with van der Waals surface area (Å²) in [7, 11) is 1.32. The van der Waals surface area contributed by atoms with E-state index in [4.69, 9.17) is 5.73 Å². The highest BCUT2D eigenvalue weighted by Gasteiger charge is 2.22. The molecule has 0 radical (unpaired) electrons. The molecule has 0 fully saturated rings. The van der Waals surface area contributed by atoms with E-state index in [1.54, 1.807) is 23.1 Å². The Bertz CT molecular complexity index is 271. The van der Waals surface area contributed by atoms with Crippen LogP contribution in [0.2, 0.25) is 0 Å². The zero-order chi connectivity index (χ0) is 9.84. The summed E-state index contributed by atoms with van der Waals surface area (Å²) in [5.41, 5.74) is 5.63. The fraction of sp³-hybridized carbons (Fsp3) is 0.500. The van der Waals surface area contributed by atoms with Crippen molar-refractivity contribution >= 4 is 5.97 Å². The van der Waals surface area contributed by atoms with Gasteiger partial charge in [-0.2, -0.15) is 5.10 Å². The Morgan fingerprint density at radius 1 is 1.69 bits per heavy atom. The third-order valence-corrected chi connectivity index (χ3v) is 1.94. The third-order valence-electron chi connectivity index (χ3n) is 1.94. The highest BCUT2D eigenvalue weighted by Crippen LogP contribution is 2.08. The van der Waals surface area contributed by atoms with E-state index in [2.05, 4.69) is 9.84 Å². The van der Waals surface area contributed by atoms with Gasteiger partial charge in [-0.05, 0) is 13.0 Å². The van der Waals surface area contributed by atoms with Crippen LogP contribution in [0.1, 0.15) is 13.0 Å². The molecule has 0 unspecified atom stereocenters. The molecule has 0 spiro atoms. The summed E-state index contributed by atoms with van der Waals surface area (Å²) in [5.74, 6) is -0.428. The summed E-state index contributed by atoms with van der Waals surface area (Å²) in [4.78, 5) is 11.1. The number of rotatable bonds is 3. The second-order valence-corrected chi connectivity index (χ2v) is 2.78. The minimum Gasteiger partial charge on any atom is -0.468 e. The van der Waals surface area contributed by atoms with Crippen LogP contribution < -0.4 is 5.73 Å². The molecule has 5 nitrogen and oxygen atoms in total. The lowest BCUT2D eigenvalue weighted by Gasteiger charge is -2.17. The van der Waals surface area contributed by atoms with E-state index in [-0.39, 0.29) is 6.04 Å². The van der Waals surface area contributed by atoms with Gasteiger partial charge < -0.3 is 10.5 Å². The number of esters is 1. The van der Waals surface area contributed by atoms with Crippen LogP contribution in [0, 0.1) is 0 Å². The number of methoxy groups -OCH3 is 1. The average Bonchev–Trinajstić information content (AvgIpc) is 2.67. The van der Waals surface area contributed by atoms with E-state index in [1.807, 2.05) is 6.92 Å². The van der Waals surface area contributed by atoms with Crippen molar-refractivity contribution in [3.63, 3.8) is 0 Å². The fourth-order valence-electron chi connectivity index (χ4n) is 1.02. The molecule has 0 aliphatic carbocycles. The van der Waals surface area contributed by atoms with Crippen LogP contribution in [0.4, 0.5) is 0 Å². The smallest absolute Gasteiger partial charge is 0.324 e. The zero-order valence-electron chi connectivity index (χ0n) is 7.68. The predicted molar refractivity (Wildman–Crippen MR) is 46.9 cm³/mol. The first-order valence-electron chi connectivity index (χ1n) is 3.99. The van der Waals surface area contributed by atoms with Gasteiger partial charge in [-0.25, -0.2) is 0 Å². The second kappa shape index (κ2) is 4.04. The standard InChI is InChI=1S/C8H13N3O2/c1-6(7(9)8(12)13-2)11-5-3-4-10-11/h3-7H,9H2,1-2H3/t6-,7-/m1/s1. The first-order valence-corrected chi connectivity index (χ1v) is 3.99. The first-order chi connectivity index (χ1) is 6.16. The molecular formula is C8H13N3O2. The van der Waals surface area contributed by atoms with Gasteiger partial charge in [0.2, 0.25) is 0 Å². The van der Waals surface area contributed by atoms with Crippen molar-refractivity contribution in [1.29, 1.82) is 0 Å². The third kappa shape index (κ3) is 2.06. The Hall–Kier alpha value is -1.36. The van der Waals surface area contributed by atoms with Gasteiger partial charge in [0.1, 0.15) is 6.04 Å². The SMILES string of the molecule is COC(=O)[C@H](N)[C@@H](C)n1cccn1. The fourth-order valence-corrected chi connectivity index (χ4v) is 1.02.